The SMILES string of the molecule is CC(C)C(C)(C#N)NC(=O)COC(=O)c1cn(C)c2ccccc12. The average Bonchev–Trinajstić information content (AvgIpc) is 2.90. The second-order valence-corrected chi connectivity index (χ2v) is 6.26. The lowest BCUT2D eigenvalue weighted by atomic mass is 9.90. The van der Waals surface area contributed by atoms with Crippen molar-refractivity contribution in [3.63, 3.8) is 0 Å². The lowest BCUT2D eigenvalue weighted by Gasteiger charge is -2.27. The number of aromatic nitrogens is 1. The van der Waals surface area contributed by atoms with Crippen LogP contribution in [0, 0.1) is 17.2 Å². The summed E-state index contributed by atoms with van der Waals surface area (Å²) in [6.45, 7) is 4.89. The Labute approximate surface area is 141 Å². The van der Waals surface area contributed by atoms with Gasteiger partial charge in [-0.1, -0.05) is 32.0 Å². The molecule has 2 rings (SSSR count). The van der Waals surface area contributed by atoms with Crippen LogP contribution >= 0.6 is 0 Å². The van der Waals surface area contributed by atoms with Gasteiger partial charge < -0.3 is 14.6 Å². The van der Waals surface area contributed by atoms with Crippen LogP contribution in [-0.4, -0.2) is 28.6 Å². The predicted octanol–water partition coefficient (Wildman–Crippen LogP) is 2.39. The number of hydrogen-bond acceptors (Lipinski definition) is 4. The van der Waals surface area contributed by atoms with Crippen molar-refractivity contribution in [3.05, 3.63) is 36.0 Å². The number of carbonyl (C=O) groups excluding carboxylic acids is 2. The van der Waals surface area contributed by atoms with Crippen LogP contribution in [0.3, 0.4) is 0 Å². The van der Waals surface area contributed by atoms with E-state index in [0.717, 1.165) is 10.9 Å². The Bertz CT molecular complexity index is 817. The lowest BCUT2D eigenvalue weighted by molar-refractivity contribution is -0.125. The molecule has 0 aliphatic carbocycles. The van der Waals surface area contributed by atoms with E-state index in [1.165, 1.54) is 0 Å². The van der Waals surface area contributed by atoms with Crippen molar-refractivity contribution in [3.8, 4) is 6.07 Å². The van der Waals surface area contributed by atoms with Gasteiger partial charge in [-0.3, -0.25) is 4.79 Å². The molecule has 0 saturated heterocycles. The Morgan fingerprint density at radius 1 is 1.38 bits per heavy atom. The second-order valence-electron chi connectivity index (χ2n) is 6.26. The highest BCUT2D eigenvalue weighted by atomic mass is 16.5. The molecule has 0 aliphatic heterocycles. The Morgan fingerprint density at radius 3 is 2.67 bits per heavy atom. The number of hydrogen-bond donors (Lipinski definition) is 1. The maximum Gasteiger partial charge on any atom is 0.340 e. The standard InChI is InChI=1S/C18H21N3O3/c1-12(2)18(3,11-19)20-16(22)10-24-17(23)14-9-21(4)15-8-6-5-7-13(14)15/h5-9,12H,10H2,1-4H3,(H,20,22). The van der Waals surface area contributed by atoms with Crippen LogP contribution in [0.4, 0.5) is 0 Å². The van der Waals surface area contributed by atoms with Crippen LogP contribution in [0.15, 0.2) is 30.5 Å². The number of ether oxygens (including phenoxy) is 1. The van der Waals surface area contributed by atoms with Gasteiger partial charge in [-0.25, -0.2) is 4.79 Å². The first-order chi connectivity index (χ1) is 11.3. The molecule has 1 aromatic heterocycles. The summed E-state index contributed by atoms with van der Waals surface area (Å²) in [4.78, 5) is 24.2. The van der Waals surface area contributed by atoms with Crippen molar-refractivity contribution in [2.24, 2.45) is 13.0 Å². The first-order valence-corrected chi connectivity index (χ1v) is 7.72. The summed E-state index contributed by atoms with van der Waals surface area (Å²) in [5, 5.41) is 12.6. The molecule has 1 N–H and O–H groups in total. The minimum Gasteiger partial charge on any atom is -0.452 e. The summed E-state index contributed by atoms with van der Waals surface area (Å²) >= 11 is 0. The van der Waals surface area contributed by atoms with Crippen LogP contribution in [0.5, 0.6) is 0 Å². The largest absolute Gasteiger partial charge is 0.452 e. The number of aryl methyl sites for hydroxylation is 1. The number of amides is 1. The molecule has 1 amide bonds. The van der Waals surface area contributed by atoms with Crippen LogP contribution in [-0.2, 0) is 16.6 Å². The number of nitrogens with zero attached hydrogens (tertiary/aromatic N) is 2. The molecule has 0 aliphatic rings. The van der Waals surface area contributed by atoms with Gasteiger partial charge in [0, 0.05) is 24.1 Å². The third-order valence-electron chi connectivity index (χ3n) is 4.24. The Morgan fingerprint density at radius 2 is 2.04 bits per heavy atom. The highest BCUT2D eigenvalue weighted by Crippen LogP contribution is 2.21. The zero-order valence-electron chi connectivity index (χ0n) is 14.3. The molecule has 0 radical (unpaired) electrons. The van der Waals surface area contributed by atoms with Crippen molar-refractivity contribution in [1.82, 2.24) is 9.88 Å². The third-order valence-corrected chi connectivity index (χ3v) is 4.24. The molecule has 6 nitrogen and oxygen atoms in total. The Kier molecular flexibility index (Phi) is 4.93. The number of fused-ring (bicyclic) bond motifs is 1. The fourth-order valence-electron chi connectivity index (χ4n) is 2.34. The normalized spacial score (nSPS) is 13.3. The molecular weight excluding hydrogens is 306 g/mol. The van der Waals surface area contributed by atoms with Crippen LogP contribution < -0.4 is 5.32 Å². The number of esters is 1. The summed E-state index contributed by atoms with van der Waals surface area (Å²) in [5.74, 6) is -1.13. The van der Waals surface area contributed by atoms with E-state index >= 15 is 0 Å². The van der Waals surface area contributed by atoms with E-state index < -0.39 is 24.0 Å². The summed E-state index contributed by atoms with van der Waals surface area (Å²) < 4.78 is 6.94. The van der Waals surface area contributed by atoms with Crippen molar-refractivity contribution < 1.29 is 14.3 Å². The fraction of sp³-hybridized carbons (Fsp3) is 0.389. The monoisotopic (exact) mass is 327 g/mol. The molecular formula is C18H21N3O3. The number of para-hydroxylation sites is 1. The summed E-state index contributed by atoms with van der Waals surface area (Å²) in [7, 11) is 1.84. The lowest BCUT2D eigenvalue weighted by Crippen LogP contribution is -2.50. The van der Waals surface area contributed by atoms with Crippen molar-refractivity contribution >= 4 is 22.8 Å². The third kappa shape index (κ3) is 3.40. The molecule has 0 spiro atoms. The molecule has 24 heavy (non-hydrogen) atoms. The number of carbonyl (C=O) groups is 2. The molecule has 1 aromatic carbocycles. The molecule has 6 heteroatoms. The van der Waals surface area contributed by atoms with Gasteiger partial charge in [0.15, 0.2) is 6.61 Å². The average molecular weight is 327 g/mol. The van der Waals surface area contributed by atoms with Crippen LogP contribution in [0.1, 0.15) is 31.1 Å². The van der Waals surface area contributed by atoms with Gasteiger partial charge in [0.05, 0.1) is 11.6 Å². The summed E-state index contributed by atoms with van der Waals surface area (Å²) in [6.07, 6.45) is 1.68. The van der Waals surface area contributed by atoms with Crippen LogP contribution in [0.25, 0.3) is 10.9 Å². The number of nitriles is 1. The quantitative estimate of drug-likeness (QED) is 0.855. The Balaban J connectivity index is 2.05. The van der Waals surface area contributed by atoms with Crippen molar-refractivity contribution in [2.75, 3.05) is 6.61 Å². The topological polar surface area (TPSA) is 84.1 Å². The van der Waals surface area contributed by atoms with Gasteiger partial charge in [0.2, 0.25) is 0 Å². The van der Waals surface area contributed by atoms with Gasteiger partial charge in [-0.15, -0.1) is 0 Å². The molecule has 1 heterocycles. The van der Waals surface area contributed by atoms with E-state index in [1.54, 1.807) is 13.1 Å². The van der Waals surface area contributed by atoms with Gasteiger partial charge in [-0.2, -0.15) is 5.26 Å². The van der Waals surface area contributed by atoms with Gasteiger partial charge >= 0.3 is 5.97 Å². The smallest absolute Gasteiger partial charge is 0.340 e. The minimum atomic E-state index is -0.997. The van der Waals surface area contributed by atoms with E-state index in [0.29, 0.717) is 5.56 Å². The van der Waals surface area contributed by atoms with E-state index in [1.807, 2.05) is 49.7 Å². The fourth-order valence-corrected chi connectivity index (χ4v) is 2.34. The molecule has 126 valence electrons. The van der Waals surface area contributed by atoms with Gasteiger partial charge in [0.1, 0.15) is 5.54 Å². The summed E-state index contributed by atoms with van der Waals surface area (Å²) in [5.41, 5.74) is 0.321. The molecule has 2 aromatic rings. The highest BCUT2D eigenvalue weighted by Gasteiger charge is 2.30. The Hall–Kier alpha value is -2.81. The second kappa shape index (κ2) is 6.75. The van der Waals surface area contributed by atoms with Crippen molar-refractivity contribution in [2.45, 2.75) is 26.3 Å². The minimum absolute atomic E-state index is 0.0692. The summed E-state index contributed by atoms with van der Waals surface area (Å²) in [6, 6.07) is 9.54. The predicted molar refractivity (Wildman–Crippen MR) is 90.2 cm³/mol. The van der Waals surface area contributed by atoms with Crippen LogP contribution in [0.2, 0.25) is 0 Å². The van der Waals surface area contributed by atoms with Gasteiger partial charge in [0.25, 0.3) is 5.91 Å². The van der Waals surface area contributed by atoms with E-state index in [9.17, 15) is 14.9 Å². The van der Waals surface area contributed by atoms with E-state index in [4.69, 9.17) is 4.74 Å². The van der Waals surface area contributed by atoms with E-state index in [2.05, 4.69) is 11.4 Å². The van der Waals surface area contributed by atoms with Crippen molar-refractivity contribution in [1.29, 1.82) is 5.26 Å². The molecule has 0 fully saturated rings. The molecule has 1 atom stereocenters. The first kappa shape index (κ1) is 17.5. The number of rotatable bonds is 5. The maximum absolute atomic E-state index is 12.3. The van der Waals surface area contributed by atoms with E-state index in [-0.39, 0.29) is 5.92 Å². The molecule has 0 bridgehead atoms. The zero-order valence-corrected chi connectivity index (χ0v) is 14.3. The highest BCUT2D eigenvalue weighted by molar-refractivity contribution is 6.04. The number of nitrogens with one attached hydrogen (secondary N) is 1. The zero-order chi connectivity index (χ0) is 17.9. The molecule has 1 unspecified atom stereocenters. The maximum atomic E-state index is 12.3. The number of benzene rings is 1. The molecule has 0 saturated carbocycles. The first-order valence-electron chi connectivity index (χ1n) is 7.72. The van der Waals surface area contributed by atoms with Gasteiger partial charge in [-0.05, 0) is 18.9 Å².